The number of aromatic nitrogens is 5. The van der Waals surface area contributed by atoms with Crippen molar-refractivity contribution < 1.29 is 0 Å². The second-order valence-electron chi connectivity index (χ2n) is 2.65. The largest absolute Gasteiger partial charge is 0.363 e. The van der Waals surface area contributed by atoms with E-state index in [-0.39, 0.29) is 5.28 Å². The van der Waals surface area contributed by atoms with Gasteiger partial charge in [0.2, 0.25) is 5.28 Å². The first-order chi connectivity index (χ1) is 7.25. The van der Waals surface area contributed by atoms with Crippen LogP contribution >= 0.6 is 23.2 Å². The summed E-state index contributed by atoms with van der Waals surface area (Å²) in [6.07, 6.45) is 3.03. The van der Waals surface area contributed by atoms with E-state index in [1.807, 2.05) is 0 Å². The monoisotopic (exact) mass is 244 g/mol. The van der Waals surface area contributed by atoms with Crippen LogP contribution in [0, 0.1) is 0 Å². The summed E-state index contributed by atoms with van der Waals surface area (Å²) in [4.78, 5) is 7.66. The van der Waals surface area contributed by atoms with Crippen LogP contribution in [0.1, 0.15) is 5.69 Å². The Morgan fingerprint density at radius 2 is 2.20 bits per heavy atom. The Morgan fingerprint density at radius 1 is 1.33 bits per heavy atom. The SMILES string of the molecule is Clc1ncc(Cl)c(NCc2cn[nH]n2)n1. The Hall–Kier alpha value is -1.40. The molecule has 0 saturated carbocycles. The van der Waals surface area contributed by atoms with Gasteiger partial charge in [-0.1, -0.05) is 11.6 Å². The van der Waals surface area contributed by atoms with E-state index in [1.165, 1.54) is 6.20 Å². The van der Waals surface area contributed by atoms with Gasteiger partial charge < -0.3 is 5.32 Å². The van der Waals surface area contributed by atoms with Crippen molar-refractivity contribution >= 4 is 29.0 Å². The zero-order valence-electron chi connectivity index (χ0n) is 7.41. The molecule has 2 aromatic rings. The summed E-state index contributed by atoms with van der Waals surface area (Å²) in [5.74, 6) is 0.472. The molecule has 2 aromatic heterocycles. The summed E-state index contributed by atoms with van der Waals surface area (Å²) in [6.45, 7) is 0.462. The normalized spacial score (nSPS) is 10.3. The van der Waals surface area contributed by atoms with Crippen LogP contribution in [-0.4, -0.2) is 25.4 Å². The zero-order valence-corrected chi connectivity index (χ0v) is 8.92. The van der Waals surface area contributed by atoms with E-state index in [4.69, 9.17) is 23.2 Å². The lowest BCUT2D eigenvalue weighted by molar-refractivity contribution is 0.908. The summed E-state index contributed by atoms with van der Waals surface area (Å²) in [7, 11) is 0. The van der Waals surface area contributed by atoms with Crippen molar-refractivity contribution in [2.75, 3.05) is 5.32 Å². The van der Waals surface area contributed by atoms with E-state index >= 15 is 0 Å². The highest BCUT2D eigenvalue weighted by molar-refractivity contribution is 6.33. The standard InChI is InChI=1S/C7H6Cl2N6/c8-5-3-11-7(9)13-6(5)10-1-4-2-12-15-14-4/h2-3H,1H2,(H,10,11,13)(H,12,14,15). The third-order valence-corrected chi connectivity index (χ3v) is 2.08. The second kappa shape index (κ2) is 4.41. The highest BCUT2D eigenvalue weighted by Gasteiger charge is 2.04. The van der Waals surface area contributed by atoms with E-state index in [0.717, 1.165) is 5.69 Å². The lowest BCUT2D eigenvalue weighted by Gasteiger charge is -2.04. The van der Waals surface area contributed by atoms with Crippen LogP contribution < -0.4 is 5.32 Å². The highest BCUT2D eigenvalue weighted by Crippen LogP contribution is 2.19. The highest BCUT2D eigenvalue weighted by atomic mass is 35.5. The Kier molecular flexibility index (Phi) is 2.98. The molecule has 0 aromatic carbocycles. The minimum absolute atomic E-state index is 0.141. The van der Waals surface area contributed by atoms with Gasteiger partial charge in [-0.2, -0.15) is 20.4 Å². The van der Waals surface area contributed by atoms with Crippen molar-refractivity contribution in [3.05, 3.63) is 28.4 Å². The zero-order chi connectivity index (χ0) is 10.7. The number of H-pyrrole nitrogens is 1. The summed E-state index contributed by atoms with van der Waals surface area (Å²) in [5.41, 5.74) is 0.751. The van der Waals surface area contributed by atoms with Crippen LogP contribution in [0.3, 0.4) is 0 Å². The molecule has 2 rings (SSSR count). The average Bonchev–Trinajstić information content (AvgIpc) is 2.72. The number of nitrogens with one attached hydrogen (secondary N) is 2. The minimum atomic E-state index is 0.141. The van der Waals surface area contributed by atoms with Gasteiger partial charge in [0, 0.05) is 0 Å². The lowest BCUT2D eigenvalue weighted by Crippen LogP contribution is -2.03. The third kappa shape index (κ3) is 2.54. The number of halogens is 2. The minimum Gasteiger partial charge on any atom is -0.363 e. The molecule has 0 spiro atoms. The van der Waals surface area contributed by atoms with Gasteiger partial charge in [-0.3, -0.25) is 0 Å². The molecule has 0 aliphatic carbocycles. The van der Waals surface area contributed by atoms with E-state index in [2.05, 4.69) is 30.7 Å². The van der Waals surface area contributed by atoms with Crippen LogP contribution in [-0.2, 0) is 6.54 Å². The predicted octanol–water partition coefficient (Wildman–Crippen LogP) is 1.51. The topological polar surface area (TPSA) is 79.4 Å². The molecule has 0 aliphatic heterocycles. The number of hydrogen-bond acceptors (Lipinski definition) is 5. The Labute approximate surface area is 95.0 Å². The first-order valence-electron chi connectivity index (χ1n) is 4.02. The molecule has 8 heteroatoms. The van der Waals surface area contributed by atoms with Gasteiger partial charge >= 0.3 is 0 Å². The van der Waals surface area contributed by atoms with Crippen molar-refractivity contribution in [3.63, 3.8) is 0 Å². The number of rotatable bonds is 3. The molecule has 0 fully saturated rings. The summed E-state index contributed by atoms with van der Waals surface area (Å²) < 4.78 is 0. The molecule has 2 heterocycles. The number of anilines is 1. The van der Waals surface area contributed by atoms with Crippen molar-refractivity contribution in [3.8, 4) is 0 Å². The summed E-state index contributed by atoms with van der Waals surface area (Å²) >= 11 is 11.5. The van der Waals surface area contributed by atoms with Crippen molar-refractivity contribution in [1.29, 1.82) is 0 Å². The van der Waals surface area contributed by atoms with E-state index in [9.17, 15) is 0 Å². The first kappa shape index (κ1) is 10.1. The molecule has 0 amide bonds. The number of aromatic amines is 1. The Morgan fingerprint density at radius 3 is 2.93 bits per heavy atom. The maximum atomic E-state index is 5.85. The molecular weight excluding hydrogens is 239 g/mol. The molecule has 0 radical (unpaired) electrons. The number of nitrogens with zero attached hydrogens (tertiary/aromatic N) is 4. The van der Waals surface area contributed by atoms with Crippen molar-refractivity contribution in [2.45, 2.75) is 6.54 Å². The van der Waals surface area contributed by atoms with Gasteiger partial charge in [-0.05, 0) is 11.6 Å². The first-order valence-corrected chi connectivity index (χ1v) is 4.78. The molecule has 0 aliphatic rings. The van der Waals surface area contributed by atoms with Crippen LogP contribution in [0.15, 0.2) is 12.4 Å². The smallest absolute Gasteiger partial charge is 0.224 e. The molecule has 0 unspecified atom stereocenters. The quantitative estimate of drug-likeness (QED) is 0.801. The van der Waals surface area contributed by atoms with Gasteiger partial charge in [0.05, 0.1) is 18.9 Å². The molecule has 0 saturated heterocycles. The molecule has 0 bridgehead atoms. The van der Waals surface area contributed by atoms with Gasteiger partial charge in [0.1, 0.15) is 16.5 Å². The molecule has 6 nitrogen and oxygen atoms in total. The fourth-order valence-electron chi connectivity index (χ4n) is 0.954. The van der Waals surface area contributed by atoms with E-state index in [0.29, 0.717) is 17.4 Å². The maximum absolute atomic E-state index is 5.85. The van der Waals surface area contributed by atoms with Crippen LogP contribution in [0.25, 0.3) is 0 Å². The van der Waals surface area contributed by atoms with Crippen molar-refractivity contribution in [2.24, 2.45) is 0 Å². The summed E-state index contributed by atoms with van der Waals surface area (Å²) in [5, 5.41) is 13.5. The van der Waals surface area contributed by atoms with Gasteiger partial charge in [-0.15, -0.1) is 0 Å². The van der Waals surface area contributed by atoms with Gasteiger partial charge in [0.25, 0.3) is 0 Å². The lowest BCUT2D eigenvalue weighted by atomic mass is 10.4. The van der Waals surface area contributed by atoms with E-state index < -0.39 is 0 Å². The summed E-state index contributed by atoms with van der Waals surface area (Å²) in [6, 6.07) is 0. The number of hydrogen-bond donors (Lipinski definition) is 2. The molecule has 0 atom stereocenters. The Balaban J connectivity index is 2.07. The predicted molar refractivity (Wildman–Crippen MR) is 55.8 cm³/mol. The van der Waals surface area contributed by atoms with Crippen LogP contribution in [0.2, 0.25) is 10.3 Å². The second-order valence-corrected chi connectivity index (χ2v) is 3.40. The molecule has 2 N–H and O–H groups in total. The fraction of sp³-hybridized carbons (Fsp3) is 0.143. The van der Waals surface area contributed by atoms with Crippen molar-refractivity contribution in [1.82, 2.24) is 25.4 Å². The van der Waals surface area contributed by atoms with Crippen LogP contribution in [0.5, 0.6) is 0 Å². The maximum Gasteiger partial charge on any atom is 0.224 e. The Bertz CT molecular complexity index is 443. The molecular formula is C7H6Cl2N6. The van der Waals surface area contributed by atoms with Gasteiger partial charge in [-0.25, -0.2) is 4.98 Å². The molecule has 78 valence electrons. The third-order valence-electron chi connectivity index (χ3n) is 1.62. The van der Waals surface area contributed by atoms with E-state index in [1.54, 1.807) is 6.20 Å². The molecule has 15 heavy (non-hydrogen) atoms. The van der Waals surface area contributed by atoms with Gasteiger partial charge in [0.15, 0.2) is 0 Å². The fourth-order valence-corrected chi connectivity index (χ4v) is 1.25. The van der Waals surface area contributed by atoms with Crippen LogP contribution in [0.4, 0.5) is 5.82 Å². The average molecular weight is 245 g/mol.